The van der Waals surface area contributed by atoms with E-state index in [2.05, 4.69) is 10.3 Å². The Kier molecular flexibility index (Phi) is 4.89. The Hall–Kier alpha value is -4.43. The molecule has 35 heavy (non-hydrogen) atoms. The first-order valence-corrected chi connectivity index (χ1v) is 11.4. The summed E-state index contributed by atoms with van der Waals surface area (Å²) < 4.78 is 6.91. The number of nitrogen functional groups attached to an aromatic ring is 1. The van der Waals surface area contributed by atoms with Crippen LogP contribution in [-0.2, 0) is 13.0 Å². The lowest BCUT2D eigenvalue weighted by Crippen LogP contribution is -2.38. The number of hydrogen-bond donors (Lipinski definition) is 2. The largest absolute Gasteiger partial charge is 0.392 e. The van der Waals surface area contributed by atoms with E-state index in [1.807, 2.05) is 67.6 Å². The van der Waals surface area contributed by atoms with Crippen LogP contribution in [0.4, 0.5) is 11.5 Å². The number of carbonyl (C=O) groups excluding carboxylic acids is 1. The van der Waals surface area contributed by atoms with E-state index in [0.29, 0.717) is 35.4 Å². The molecule has 3 N–H and O–H groups in total. The average molecular weight is 466 g/mol. The maximum absolute atomic E-state index is 13.7. The van der Waals surface area contributed by atoms with Crippen LogP contribution < -0.4 is 10.6 Å². The molecule has 1 amide bonds. The van der Waals surface area contributed by atoms with E-state index in [-0.39, 0.29) is 12.5 Å². The van der Waals surface area contributed by atoms with E-state index in [4.69, 9.17) is 10.3 Å². The van der Waals surface area contributed by atoms with Gasteiger partial charge in [-0.05, 0) is 60.4 Å². The quantitative estimate of drug-likeness (QED) is 0.410. The Balaban J connectivity index is 1.37. The van der Waals surface area contributed by atoms with Crippen molar-refractivity contribution in [1.29, 1.82) is 0 Å². The summed E-state index contributed by atoms with van der Waals surface area (Å²) in [5, 5.41) is 18.9. The van der Waals surface area contributed by atoms with Gasteiger partial charge in [0.1, 0.15) is 5.69 Å². The number of amides is 1. The predicted molar refractivity (Wildman–Crippen MR) is 133 cm³/mol. The van der Waals surface area contributed by atoms with Crippen LogP contribution in [0.2, 0.25) is 0 Å². The molecule has 0 saturated heterocycles. The highest BCUT2D eigenvalue weighted by Crippen LogP contribution is 2.32. The first kappa shape index (κ1) is 21.1. The Morgan fingerprint density at radius 3 is 2.63 bits per heavy atom. The van der Waals surface area contributed by atoms with Gasteiger partial charge in [0, 0.05) is 17.8 Å². The van der Waals surface area contributed by atoms with Crippen LogP contribution in [0.25, 0.3) is 27.8 Å². The van der Waals surface area contributed by atoms with Gasteiger partial charge in [-0.25, -0.2) is 4.68 Å². The summed E-state index contributed by atoms with van der Waals surface area (Å²) in [6, 6.07) is 21.1. The van der Waals surface area contributed by atoms with E-state index in [9.17, 15) is 9.90 Å². The summed E-state index contributed by atoms with van der Waals surface area (Å²) in [6.07, 6.45) is 0.708. The molecule has 1 aliphatic rings. The van der Waals surface area contributed by atoms with Crippen molar-refractivity contribution in [2.75, 3.05) is 17.2 Å². The number of benzene rings is 3. The Labute approximate surface area is 201 Å². The molecule has 6 rings (SSSR count). The predicted octanol–water partition coefficient (Wildman–Crippen LogP) is 4.27. The number of carbonyl (C=O) groups is 1. The van der Waals surface area contributed by atoms with Crippen molar-refractivity contribution < 1.29 is 14.4 Å². The number of rotatable bonds is 4. The highest BCUT2D eigenvalue weighted by atomic mass is 16.5. The zero-order chi connectivity index (χ0) is 24.1. The number of aromatic nitrogens is 3. The van der Waals surface area contributed by atoms with Crippen LogP contribution in [0.15, 0.2) is 71.3 Å². The van der Waals surface area contributed by atoms with Gasteiger partial charge in [0.25, 0.3) is 5.91 Å². The Bertz CT molecular complexity index is 1580. The highest BCUT2D eigenvalue weighted by molar-refractivity contribution is 6.07. The fourth-order valence-corrected chi connectivity index (χ4v) is 4.80. The van der Waals surface area contributed by atoms with Gasteiger partial charge >= 0.3 is 0 Å². The van der Waals surface area contributed by atoms with Crippen LogP contribution in [0, 0.1) is 6.92 Å². The molecule has 3 heterocycles. The molecule has 2 aromatic heterocycles. The van der Waals surface area contributed by atoms with Crippen molar-refractivity contribution in [1.82, 2.24) is 14.9 Å². The maximum atomic E-state index is 13.7. The molecule has 0 unspecified atom stereocenters. The summed E-state index contributed by atoms with van der Waals surface area (Å²) in [4.78, 5) is 15.5. The van der Waals surface area contributed by atoms with Gasteiger partial charge < -0.3 is 20.3 Å². The SMILES string of the molecule is Cc1nn(-c2ccc3onc(N)c3c2)c2c1CCN(c1ccc(-c3ccccc3CO)cc1)C2=O. The second-order valence-corrected chi connectivity index (χ2v) is 8.64. The van der Waals surface area contributed by atoms with Crippen molar-refractivity contribution in [2.45, 2.75) is 20.0 Å². The number of aryl methyl sites for hydroxylation is 1. The smallest absolute Gasteiger partial charge is 0.277 e. The lowest BCUT2D eigenvalue weighted by atomic mass is 9.99. The van der Waals surface area contributed by atoms with Crippen LogP contribution >= 0.6 is 0 Å². The number of aliphatic hydroxyl groups excluding tert-OH is 1. The van der Waals surface area contributed by atoms with Crippen molar-refractivity contribution >= 4 is 28.4 Å². The third-order valence-electron chi connectivity index (χ3n) is 6.62. The van der Waals surface area contributed by atoms with E-state index in [1.165, 1.54) is 0 Å². The number of hydrogen-bond acceptors (Lipinski definition) is 6. The topological polar surface area (TPSA) is 110 Å². The number of nitrogens with two attached hydrogens (primary N) is 1. The summed E-state index contributed by atoms with van der Waals surface area (Å²) in [5.74, 6) is 0.198. The molecule has 1 aliphatic heterocycles. The molecule has 0 spiro atoms. The summed E-state index contributed by atoms with van der Waals surface area (Å²) in [5.41, 5.74) is 13.2. The lowest BCUT2D eigenvalue weighted by molar-refractivity contribution is 0.0973. The van der Waals surface area contributed by atoms with Gasteiger partial charge in [-0.15, -0.1) is 0 Å². The summed E-state index contributed by atoms with van der Waals surface area (Å²) >= 11 is 0. The third-order valence-corrected chi connectivity index (χ3v) is 6.62. The molecule has 8 heteroatoms. The summed E-state index contributed by atoms with van der Waals surface area (Å²) in [7, 11) is 0. The number of anilines is 2. The van der Waals surface area contributed by atoms with Gasteiger partial charge in [-0.1, -0.05) is 41.6 Å². The van der Waals surface area contributed by atoms with Crippen molar-refractivity contribution in [2.24, 2.45) is 0 Å². The van der Waals surface area contributed by atoms with Crippen LogP contribution in [0.1, 0.15) is 27.3 Å². The zero-order valence-corrected chi connectivity index (χ0v) is 19.1. The lowest BCUT2D eigenvalue weighted by Gasteiger charge is -2.28. The Morgan fingerprint density at radius 1 is 1.06 bits per heavy atom. The minimum Gasteiger partial charge on any atom is -0.392 e. The van der Waals surface area contributed by atoms with E-state index in [0.717, 1.165) is 39.3 Å². The zero-order valence-electron chi connectivity index (χ0n) is 19.1. The molecule has 0 atom stereocenters. The first-order valence-electron chi connectivity index (χ1n) is 11.4. The molecule has 5 aromatic rings. The standard InChI is InChI=1S/C27H23N5O3/c1-16-21-12-13-31(19-8-6-17(7-9-19)22-5-3-2-4-18(22)15-33)27(34)25(21)32(29-16)20-10-11-24-23(14-20)26(28)30-35-24/h2-11,14,33H,12-13,15H2,1H3,(H2,28,30). The molecular formula is C27H23N5O3. The molecule has 0 bridgehead atoms. The molecule has 0 radical (unpaired) electrons. The molecule has 3 aromatic carbocycles. The summed E-state index contributed by atoms with van der Waals surface area (Å²) in [6.45, 7) is 2.47. The molecular weight excluding hydrogens is 442 g/mol. The average Bonchev–Trinajstić information content (AvgIpc) is 3.44. The molecule has 0 aliphatic carbocycles. The van der Waals surface area contributed by atoms with Crippen LogP contribution in [0.5, 0.6) is 0 Å². The maximum Gasteiger partial charge on any atom is 0.277 e. The van der Waals surface area contributed by atoms with Gasteiger partial charge in [-0.3, -0.25) is 4.79 Å². The highest BCUT2D eigenvalue weighted by Gasteiger charge is 2.32. The minimum atomic E-state index is -0.103. The van der Waals surface area contributed by atoms with Gasteiger partial charge in [0.05, 0.1) is 23.4 Å². The monoisotopic (exact) mass is 465 g/mol. The Morgan fingerprint density at radius 2 is 1.83 bits per heavy atom. The molecule has 0 fully saturated rings. The minimum absolute atomic E-state index is 0.0268. The van der Waals surface area contributed by atoms with Crippen LogP contribution in [0.3, 0.4) is 0 Å². The second kappa shape index (κ2) is 8.11. The third kappa shape index (κ3) is 3.38. The van der Waals surface area contributed by atoms with Crippen molar-refractivity contribution in [3.8, 4) is 16.8 Å². The van der Waals surface area contributed by atoms with E-state index >= 15 is 0 Å². The number of nitrogens with zero attached hydrogens (tertiary/aromatic N) is 4. The van der Waals surface area contributed by atoms with E-state index < -0.39 is 0 Å². The van der Waals surface area contributed by atoms with Crippen molar-refractivity contribution in [3.63, 3.8) is 0 Å². The number of aliphatic hydroxyl groups is 1. The van der Waals surface area contributed by atoms with Gasteiger partial charge in [0.2, 0.25) is 0 Å². The number of fused-ring (bicyclic) bond motifs is 2. The fraction of sp³-hybridized carbons (Fsp3) is 0.148. The first-order chi connectivity index (χ1) is 17.0. The van der Waals surface area contributed by atoms with Crippen LogP contribution in [-0.4, -0.2) is 32.5 Å². The fourth-order valence-electron chi connectivity index (χ4n) is 4.80. The second-order valence-electron chi connectivity index (χ2n) is 8.64. The van der Waals surface area contributed by atoms with E-state index in [1.54, 1.807) is 15.6 Å². The van der Waals surface area contributed by atoms with Crippen molar-refractivity contribution in [3.05, 3.63) is 89.2 Å². The molecule has 8 nitrogen and oxygen atoms in total. The van der Waals surface area contributed by atoms with Gasteiger partial charge in [0.15, 0.2) is 11.4 Å². The molecule has 0 saturated carbocycles. The van der Waals surface area contributed by atoms with Gasteiger partial charge in [-0.2, -0.15) is 5.10 Å². The normalized spacial score (nSPS) is 13.4. The molecule has 174 valence electrons.